The Morgan fingerprint density at radius 2 is 2.21 bits per heavy atom. The van der Waals surface area contributed by atoms with Crippen LogP contribution in [0.25, 0.3) is 11.4 Å². The number of halogens is 1. The number of pyridine rings is 1. The van der Waals surface area contributed by atoms with Crippen molar-refractivity contribution < 1.29 is 9.18 Å². The summed E-state index contributed by atoms with van der Waals surface area (Å²) in [6, 6.07) is 5.25. The molecular weight excluding hydrogens is 311 g/mol. The van der Waals surface area contributed by atoms with Gasteiger partial charge in [-0.25, -0.2) is 15.0 Å². The fraction of sp³-hybridized carbons (Fsp3) is 0.125. The van der Waals surface area contributed by atoms with Crippen molar-refractivity contribution in [1.29, 1.82) is 0 Å². The lowest BCUT2D eigenvalue weighted by atomic mass is 10.3. The first-order valence-electron chi connectivity index (χ1n) is 7.33. The van der Waals surface area contributed by atoms with Crippen LogP contribution in [0, 0.1) is 12.9 Å². The van der Waals surface area contributed by atoms with Crippen LogP contribution in [0.2, 0.25) is 0 Å². The van der Waals surface area contributed by atoms with E-state index in [2.05, 4.69) is 20.3 Å². The van der Waals surface area contributed by atoms with E-state index in [-0.39, 0.29) is 12.2 Å². The van der Waals surface area contributed by atoms with E-state index in [4.69, 9.17) is 0 Å². The van der Waals surface area contributed by atoms with E-state index in [0.29, 0.717) is 17.1 Å². The molecule has 0 aromatic carbocycles. The Morgan fingerprint density at radius 3 is 3.04 bits per heavy atom. The number of aryl methyl sites for hydroxylation is 1. The standard InChI is InChI=1S/C16H13FN6O/c1-10-3-6-23-12(7-10)21-13(14(23)17)15(24)19-8-11-9-22-5-2-4-18-16(22)20-11/h2-7,9H,8H2,1H3,(H,19,24). The summed E-state index contributed by atoms with van der Waals surface area (Å²) in [4.78, 5) is 24.7. The van der Waals surface area contributed by atoms with Crippen LogP contribution in [0.4, 0.5) is 4.39 Å². The zero-order chi connectivity index (χ0) is 16.7. The molecule has 4 aromatic heterocycles. The molecule has 0 aliphatic rings. The summed E-state index contributed by atoms with van der Waals surface area (Å²) in [7, 11) is 0. The molecule has 0 spiro atoms. The zero-order valence-corrected chi connectivity index (χ0v) is 12.8. The second-order valence-electron chi connectivity index (χ2n) is 5.43. The summed E-state index contributed by atoms with van der Waals surface area (Å²) >= 11 is 0. The minimum Gasteiger partial charge on any atom is -0.345 e. The smallest absolute Gasteiger partial charge is 0.275 e. The number of rotatable bonds is 3. The fourth-order valence-corrected chi connectivity index (χ4v) is 2.48. The number of carbonyl (C=O) groups excluding carboxylic acids is 1. The van der Waals surface area contributed by atoms with Crippen molar-refractivity contribution in [2.75, 3.05) is 0 Å². The molecule has 0 radical (unpaired) electrons. The molecule has 24 heavy (non-hydrogen) atoms. The molecule has 0 saturated carbocycles. The highest BCUT2D eigenvalue weighted by Gasteiger charge is 2.19. The molecule has 0 aliphatic heterocycles. The summed E-state index contributed by atoms with van der Waals surface area (Å²) in [5, 5.41) is 2.63. The van der Waals surface area contributed by atoms with Crippen LogP contribution in [0.15, 0.2) is 43.0 Å². The van der Waals surface area contributed by atoms with Crippen LogP contribution >= 0.6 is 0 Å². The van der Waals surface area contributed by atoms with Crippen LogP contribution in [0.3, 0.4) is 0 Å². The Kier molecular flexibility index (Phi) is 3.23. The predicted octanol–water partition coefficient (Wildman–Crippen LogP) is 1.75. The fourth-order valence-electron chi connectivity index (χ4n) is 2.48. The molecule has 0 aliphatic carbocycles. The molecule has 4 rings (SSSR count). The quantitative estimate of drug-likeness (QED) is 0.623. The summed E-state index contributed by atoms with van der Waals surface area (Å²) in [5.74, 6) is -0.728. The molecule has 120 valence electrons. The van der Waals surface area contributed by atoms with Gasteiger partial charge in [0.05, 0.1) is 12.2 Å². The van der Waals surface area contributed by atoms with Crippen molar-refractivity contribution in [3.05, 3.63) is 65.9 Å². The lowest BCUT2D eigenvalue weighted by Gasteiger charge is -2.00. The lowest BCUT2D eigenvalue weighted by molar-refractivity contribution is 0.0941. The van der Waals surface area contributed by atoms with Crippen LogP contribution in [0.1, 0.15) is 21.7 Å². The van der Waals surface area contributed by atoms with E-state index in [1.165, 1.54) is 4.40 Å². The maximum atomic E-state index is 14.3. The Balaban J connectivity index is 1.56. The highest BCUT2D eigenvalue weighted by Crippen LogP contribution is 2.13. The average molecular weight is 324 g/mol. The highest BCUT2D eigenvalue weighted by molar-refractivity contribution is 5.93. The van der Waals surface area contributed by atoms with Gasteiger partial charge in [0.2, 0.25) is 11.7 Å². The molecule has 4 heterocycles. The largest absolute Gasteiger partial charge is 0.345 e. The summed E-state index contributed by atoms with van der Waals surface area (Å²) < 4.78 is 17.3. The third-order valence-electron chi connectivity index (χ3n) is 3.65. The van der Waals surface area contributed by atoms with Gasteiger partial charge in [0.15, 0.2) is 5.69 Å². The molecule has 7 nitrogen and oxygen atoms in total. The van der Waals surface area contributed by atoms with Crippen LogP contribution < -0.4 is 5.32 Å². The highest BCUT2D eigenvalue weighted by atomic mass is 19.1. The number of amides is 1. The Labute approximate surface area is 135 Å². The van der Waals surface area contributed by atoms with Crippen LogP contribution in [0.5, 0.6) is 0 Å². The Hall–Kier alpha value is -3.29. The molecule has 8 heteroatoms. The van der Waals surface area contributed by atoms with Crippen LogP contribution in [-0.2, 0) is 6.54 Å². The van der Waals surface area contributed by atoms with E-state index >= 15 is 0 Å². The minimum absolute atomic E-state index is 0.161. The van der Waals surface area contributed by atoms with Crippen molar-refractivity contribution in [2.45, 2.75) is 13.5 Å². The summed E-state index contributed by atoms with van der Waals surface area (Å²) in [6.45, 7) is 2.04. The molecular formula is C16H13FN6O. The maximum Gasteiger partial charge on any atom is 0.275 e. The number of imidazole rings is 2. The number of hydrogen-bond acceptors (Lipinski definition) is 4. The van der Waals surface area contributed by atoms with Crippen molar-refractivity contribution in [3.63, 3.8) is 0 Å². The topological polar surface area (TPSA) is 76.6 Å². The first-order chi connectivity index (χ1) is 11.6. The summed E-state index contributed by atoms with van der Waals surface area (Å²) in [5.41, 5.74) is 1.73. The maximum absolute atomic E-state index is 14.3. The van der Waals surface area contributed by atoms with E-state index in [1.807, 2.05) is 13.1 Å². The van der Waals surface area contributed by atoms with Crippen molar-refractivity contribution in [3.8, 4) is 0 Å². The minimum atomic E-state index is -0.681. The number of hydrogen-bond donors (Lipinski definition) is 1. The van der Waals surface area contributed by atoms with Gasteiger partial charge in [-0.3, -0.25) is 13.6 Å². The molecule has 0 saturated heterocycles. The number of carbonyl (C=O) groups is 1. The molecule has 0 fully saturated rings. The first kappa shape index (κ1) is 14.3. The van der Waals surface area contributed by atoms with Gasteiger partial charge in [-0.1, -0.05) is 0 Å². The molecule has 1 amide bonds. The van der Waals surface area contributed by atoms with Gasteiger partial charge >= 0.3 is 0 Å². The second-order valence-corrected chi connectivity index (χ2v) is 5.43. The second kappa shape index (κ2) is 5.41. The number of aromatic nitrogens is 5. The average Bonchev–Trinajstić information content (AvgIpc) is 3.13. The molecule has 4 aromatic rings. The van der Waals surface area contributed by atoms with Crippen LogP contribution in [-0.4, -0.2) is 29.7 Å². The van der Waals surface area contributed by atoms with E-state index in [0.717, 1.165) is 5.56 Å². The van der Waals surface area contributed by atoms with Gasteiger partial charge in [0.25, 0.3) is 5.91 Å². The van der Waals surface area contributed by atoms with Gasteiger partial charge in [0, 0.05) is 24.8 Å². The molecule has 0 atom stereocenters. The Morgan fingerprint density at radius 1 is 1.33 bits per heavy atom. The Bertz CT molecular complexity index is 1030. The van der Waals surface area contributed by atoms with E-state index in [9.17, 15) is 9.18 Å². The predicted molar refractivity (Wildman–Crippen MR) is 84.0 cm³/mol. The van der Waals surface area contributed by atoms with Crippen molar-refractivity contribution in [2.24, 2.45) is 0 Å². The van der Waals surface area contributed by atoms with Crippen molar-refractivity contribution in [1.82, 2.24) is 29.1 Å². The molecule has 1 N–H and O–H groups in total. The van der Waals surface area contributed by atoms with Crippen molar-refractivity contribution >= 4 is 17.3 Å². The normalized spacial score (nSPS) is 11.2. The van der Waals surface area contributed by atoms with Gasteiger partial charge < -0.3 is 5.32 Å². The third-order valence-corrected chi connectivity index (χ3v) is 3.65. The number of nitrogens with zero attached hydrogens (tertiary/aromatic N) is 5. The SMILES string of the molecule is Cc1ccn2c(F)c(C(=O)NCc3cn4cccnc4n3)nc2c1. The number of nitrogens with one attached hydrogen (secondary N) is 1. The monoisotopic (exact) mass is 324 g/mol. The van der Waals surface area contributed by atoms with Gasteiger partial charge in [-0.2, -0.15) is 4.39 Å². The first-order valence-corrected chi connectivity index (χ1v) is 7.33. The summed E-state index contributed by atoms with van der Waals surface area (Å²) in [6.07, 6.45) is 6.76. The third kappa shape index (κ3) is 2.37. The van der Waals surface area contributed by atoms with E-state index < -0.39 is 11.9 Å². The lowest BCUT2D eigenvalue weighted by Crippen LogP contribution is -2.24. The number of fused-ring (bicyclic) bond motifs is 2. The molecule has 0 unspecified atom stereocenters. The van der Waals surface area contributed by atoms with Gasteiger partial charge in [-0.05, 0) is 30.7 Å². The van der Waals surface area contributed by atoms with Gasteiger partial charge in [0.1, 0.15) is 5.65 Å². The van der Waals surface area contributed by atoms with E-state index in [1.54, 1.807) is 41.2 Å². The van der Waals surface area contributed by atoms with Gasteiger partial charge in [-0.15, -0.1) is 0 Å². The zero-order valence-electron chi connectivity index (χ0n) is 12.8. The molecule has 0 bridgehead atoms.